The number of ether oxygens (including phenoxy) is 1. The molecule has 160 valence electrons. The molecule has 1 aliphatic rings. The number of halogens is 2. The fourth-order valence-electron chi connectivity index (χ4n) is 3.64. The van der Waals surface area contributed by atoms with Crippen LogP contribution in [0.15, 0.2) is 36.4 Å². The van der Waals surface area contributed by atoms with Crippen molar-refractivity contribution < 1.29 is 18.7 Å². The van der Waals surface area contributed by atoms with Gasteiger partial charge in [-0.15, -0.1) is 0 Å². The number of anilines is 1. The van der Waals surface area contributed by atoms with E-state index in [0.29, 0.717) is 60.9 Å². The third-order valence-corrected chi connectivity index (χ3v) is 5.75. The van der Waals surface area contributed by atoms with Crippen LogP contribution in [0, 0.1) is 18.7 Å². The van der Waals surface area contributed by atoms with Crippen LogP contribution in [-0.4, -0.2) is 36.5 Å². The Morgan fingerprint density at radius 2 is 1.97 bits per heavy atom. The van der Waals surface area contributed by atoms with Gasteiger partial charge in [-0.25, -0.2) is 9.18 Å². The van der Waals surface area contributed by atoms with Crippen molar-refractivity contribution in [1.82, 2.24) is 4.90 Å². The average Bonchev–Trinajstić information content (AvgIpc) is 2.73. The highest BCUT2D eigenvalue weighted by Gasteiger charge is 2.26. The molecule has 0 bridgehead atoms. The molecule has 3 rings (SSSR count). The summed E-state index contributed by atoms with van der Waals surface area (Å²) in [5.74, 6) is -0.822. The molecule has 0 saturated carbocycles. The molecule has 0 aliphatic carbocycles. The summed E-state index contributed by atoms with van der Waals surface area (Å²) in [5.41, 5.74) is 2.46. The number of carbonyl (C=O) groups excluding carboxylic acids is 2. The SMILES string of the molecule is CCOC(=O)c1ccc(NC(=O)C2CCN(Cc3c(F)cccc3Cl)CC2)c(C)c1. The zero-order valence-corrected chi connectivity index (χ0v) is 18.0. The molecule has 1 fully saturated rings. The van der Waals surface area contributed by atoms with E-state index in [4.69, 9.17) is 16.3 Å². The number of amides is 1. The number of benzene rings is 2. The largest absolute Gasteiger partial charge is 0.462 e. The number of piperidine rings is 1. The first-order chi connectivity index (χ1) is 14.4. The fourth-order valence-corrected chi connectivity index (χ4v) is 3.86. The number of carbonyl (C=O) groups is 2. The summed E-state index contributed by atoms with van der Waals surface area (Å²) in [6, 6.07) is 9.80. The Morgan fingerprint density at radius 1 is 1.23 bits per heavy atom. The molecular weight excluding hydrogens is 407 g/mol. The van der Waals surface area contributed by atoms with E-state index in [1.54, 1.807) is 37.3 Å². The van der Waals surface area contributed by atoms with E-state index in [-0.39, 0.29) is 23.6 Å². The molecule has 2 aromatic carbocycles. The quantitative estimate of drug-likeness (QED) is 0.665. The van der Waals surface area contributed by atoms with Crippen molar-refractivity contribution in [3.63, 3.8) is 0 Å². The molecule has 1 heterocycles. The van der Waals surface area contributed by atoms with Crippen LogP contribution in [0.25, 0.3) is 0 Å². The lowest BCUT2D eigenvalue weighted by molar-refractivity contribution is -0.121. The van der Waals surface area contributed by atoms with Gasteiger partial charge in [-0.3, -0.25) is 9.69 Å². The molecule has 1 amide bonds. The highest BCUT2D eigenvalue weighted by Crippen LogP contribution is 2.26. The lowest BCUT2D eigenvalue weighted by Gasteiger charge is -2.31. The number of aryl methyl sites for hydroxylation is 1. The summed E-state index contributed by atoms with van der Waals surface area (Å²) in [5, 5.41) is 3.40. The summed E-state index contributed by atoms with van der Waals surface area (Å²) in [6.45, 7) is 5.76. The molecule has 1 aliphatic heterocycles. The summed E-state index contributed by atoms with van der Waals surface area (Å²) in [4.78, 5) is 26.7. The number of nitrogens with zero attached hydrogens (tertiary/aromatic N) is 1. The van der Waals surface area contributed by atoms with Crippen molar-refractivity contribution in [2.45, 2.75) is 33.2 Å². The maximum absolute atomic E-state index is 14.0. The standard InChI is InChI=1S/C23H26ClFN2O3/c1-3-30-23(29)17-7-8-21(15(2)13-17)26-22(28)16-9-11-27(12-10-16)14-18-19(24)5-4-6-20(18)25/h4-8,13,16H,3,9-12,14H2,1-2H3,(H,26,28). The van der Waals surface area contributed by atoms with Gasteiger partial charge in [0, 0.05) is 28.7 Å². The van der Waals surface area contributed by atoms with Crippen molar-refractivity contribution in [2.24, 2.45) is 5.92 Å². The van der Waals surface area contributed by atoms with Gasteiger partial charge in [-0.05, 0) is 75.7 Å². The molecule has 2 aromatic rings. The fraction of sp³-hybridized carbons (Fsp3) is 0.391. The van der Waals surface area contributed by atoms with Crippen molar-refractivity contribution in [1.29, 1.82) is 0 Å². The lowest BCUT2D eigenvalue weighted by Crippen LogP contribution is -2.38. The monoisotopic (exact) mass is 432 g/mol. The lowest BCUT2D eigenvalue weighted by atomic mass is 9.95. The third kappa shape index (κ3) is 5.37. The minimum absolute atomic E-state index is 0.0365. The molecule has 0 radical (unpaired) electrons. The van der Waals surface area contributed by atoms with Gasteiger partial charge in [0.25, 0.3) is 0 Å². The minimum atomic E-state index is -0.374. The number of rotatable bonds is 6. The highest BCUT2D eigenvalue weighted by atomic mass is 35.5. The zero-order valence-electron chi connectivity index (χ0n) is 17.2. The Balaban J connectivity index is 1.55. The second-order valence-electron chi connectivity index (χ2n) is 7.49. The molecular formula is C23H26ClFN2O3. The Kier molecular flexibility index (Phi) is 7.45. The number of likely N-dealkylation sites (tertiary alicyclic amines) is 1. The highest BCUT2D eigenvalue weighted by molar-refractivity contribution is 6.31. The van der Waals surface area contributed by atoms with E-state index < -0.39 is 0 Å². The minimum Gasteiger partial charge on any atom is -0.462 e. The molecule has 1 N–H and O–H groups in total. The van der Waals surface area contributed by atoms with Crippen LogP contribution in [0.4, 0.5) is 10.1 Å². The predicted octanol–water partition coefficient (Wildman–Crippen LogP) is 4.81. The van der Waals surface area contributed by atoms with Gasteiger partial charge < -0.3 is 10.1 Å². The number of hydrogen-bond donors (Lipinski definition) is 1. The van der Waals surface area contributed by atoms with Crippen LogP contribution in [-0.2, 0) is 16.1 Å². The summed E-state index contributed by atoms with van der Waals surface area (Å²) in [6.07, 6.45) is 1.38. The second kappa shape index (κ2) is 10.0. The summed E-state index contributed by atoms with van der Waals surface area (Å²) >= 11 is 6.12. The molecule has 0 spiro atoms. The summed E-state index contributed by atoms with van der Waals surface area (Å²) < 4.78 is 19.0. The normalized spacial score (nSPS) is 15.1. The van der Waals surface area contributed by atoms with Gasteiger partial charge in [0.1, 0.15) is 5.82 Å². The third-order valence-electron chi connectivity index (χ3n) is 5.40. The number of hydrogen-bond acceptors (Lipinski definition) is 4. The van der Waals surface area contributed by atoms with Crippen LogP contribution < -0.4 is 5.32 Å². The molecule has 1 saturated heterocycles. The van der Waals surface area contributed by atoms with Gasteiger partial charge in [-0.1, -0.05) is 17.7 Å². The molecule has 0 aromatic heterocycles. The topological polar surface area (TPSA) is 58.6 Å². The first-order valence-electron chi connectivity index (χ1n) is 10.1. The average molecular weight is 433 g/mol. The number of nitrogens with one attached hydrogen (secondary N) is 1. The van der Waals surface area contributed by atoms with E-state index in [0.717, 1.165) is 5.56 Å². The van der Waals surface area contributed by atoms with Crippen molar-refractivity contribution >= 4 is 29.2 Å². The van der Waals surface area contributed by atoms with E-state index >= 15 is 0 Å². The molecule has 0 atom stereocenters. The van der Waals surface area contributed by atoms with Crippen LogP contribution in [0.3, 0.4) is 0 Å². The first kappa shape index (κ1) is 22.2. The maximum Gasteiger partial charge on any atom is 0.338 e. The summed E-state index contributed by atoms with van der Waals surface area (Å²) in [7, 11) is 0. The van der Waals surface area contributed by atoms with E-state index in [1.807, 2.05) is 6.92 Å². The van der Waals surface area contributed by atoms with Gasteiger partial charge in [0.2, 0.25) is 5.91 Å². The Bertz CT molecular complexity index is 906. The predicted molar refractivity (Wildman–Crippen MR) is 115 cm³/mol. The van der Waals surface area contributed by atoms with E-state index in [1.165, 1.54) is 6.07 Å². The van der Waals surface area contributed by atoms with Gasteiger partial charge in [-0.2, -0.15) is 0 Å². The second-order valence-corrected chi connectivity index (χ2v) is 7.90. The van der Waals surface area contributed by atoms with Gasteiger partial charge in [0.05, 0.1) is 12.2 Å². The van der Waals surface area contributed by atoms with Gasteiger partial charge in [0.15, 0.2) is 0 Å². The first-order valence-corrected chi connectivity index (χ1v) is 10.5. The van der Waals surface area contributed by atoms with E-state index in [2.05, 4.69) is 10.2 Å². The molecule has 7 heteroatoms. The maximum atomic E-state index is 14.0. The van der Waals surface area contributed by atoms with Crippen LogP contribution >= 0.6 is 11.6 Å². The Morgan fingerprint density at radius 3 is 2.60 bits per heavy atom. The van der Waals surface area contributed by atoms with Gasteiger partial charge >= 0.3 is 5.97 Å². The van der Waals surface area contributed by atoms with Crippen LogP contribution in [0.2, 0.25) is 5.02 Å². The zero-order chi connectivity index (χ0) is 21.7. The van der Waals surface area contributed by atoms with Crippen molar-refractivity contribution in [3.8, 4) is 0 Å². The smallest absolute Gasteiger partial charge is 0.338 e. The van der Waals surface area contributed by atoms with Crippen LogP contribution in [0.1, 0.15) is 41.3 Å². The number of esters is 1. The Hall–Kier alpha value is -2.44. The van der Waals surface area contributed by atoms with Crippen molar-refractivity contribution in [2.75, 3.05) is 25.0 Å². The molecule has 5 nitrogen and oxygen atoms in total. The molecule has 30 heavy (non-hydrogen) atoms. The molecule has 0 unspecified atom stereocenters. The van der Waals surface area contributed by atoms with Crippen LogP contribution in [0.5, 0.6) is 0 Å². The van der Waals surface area contributed by atoms with Crippen molar-refractivity contribution in [3.05, 3.63) is 63.9 Å². The van der Waals surface area contributed by atoms with E-state index in [9.17, 15) is 14.0 Å². The Labute approximate surface area is 181 Å².